The lowest BCUT2D eigenvalue weighted by molar-refractivity contribution is -0.137. The van der Waals surface area contributed by atoms with Crippen molar-refractivity contribution in [2.45, 2.75) is 31.8 Å². The lowest BCUT2D eigenvalue weighted by atomic mass is 9.96. The Kier molecular flexibility index (Phi) is 5.18. The van der Waals surface area contributed by atoms with Gasteiger partial charge >= 0.3 is 5.97 Å². The minimum Gasteiger partial charge on any atom is -0.462 e. The Morgan fingerprint density at radius 3 is 2.71 bits per heavy atom. The number of amides is 1. The van der Waals surface area contributed by atoms with Crippen LogP contribution in [0.1, 0.15) is 19.4 Å². The molecule has 7 heteroatoms. The van der Waals surface area contributed by atoms with Crippen LogP contribution in [-0.2, 0) is 20.7 Å². The van der Waals surface area contributed by atoms with Crippen molar-refractivity contribution in [1.29, 1.82) is 0 Å². The summed E-state index contributed by atoms with van der Waals surface area (Å²) in [6.07, 6.45) is 0.474. The van der Waals surface area contributed by atoms with E-state index >= 15 is 0 Å². The number of carbonyl (C=O) groups excluding carboxylic acids is 2. The summed E-state index contributed by atoms with van der Waals surface area (Å²) in [5.74, 6) is -0.740. The molecule has 1 aromatic carbocycles. The third-order valence-corrected chi connectivity index (χ3v) is 5.79. The van der Waals surface area contributed by atoms with Crippen LogP contribution in [0.3, 0.4) is 0 Å². The first-order chi connectivity index (χ1) is 11.5. The fourth-order valence-electron chi connectivity index (χ4n) is 2.99. The molecule has 128 valence electrons. The Hall–Kier alpha value is -1.50. The van der Waals surface area contributed by atoms with E-state index in [1.54, 1.807) is 6.92 Å². The van der Waals surface area contributed by atoms with Gasteiger partial charge in [0.1, 0.15) is 0 Å². The number of benzene rings is 1. The van der Waals surface area contributed by atoms with Gasteiger partial charge < -0.3 is 10.1 Å². The lowest BCUT2D eigenvalue weighted by Gasteiger charge is -2.34. The molecule has 1 aromatic rings. The van der Waals surface area contributed by atoms with Gasteiger partial charge in [0, 0.05) is 11.4 Å². The number of fused-ring (bicyclic) bond motifs is 1. The molecule has 0 aromatic heterocycles. The van der Waals surface area contributed by atoms with E-state index in [0.717, 1.165) is 11.1 Å². The van der Waals surface area contributed by atoms with Crippen LogP contribution in [0, 0.1) is 5.92 Å². The molecule has 1 saturated heterocycles. The van der Waals surface area contributed by atoms with E-state index in [9.17, 15) is 9.59 Å². The number of halogens is 1. The zero-order valence-corrected chi connectivity index (χ0v) is 15.0. The van der Waals surface area contributed by atoms with Crippen LogP contribution in [-0.4, -0.2) is 30.0 Å². The van der Waals surface area contributed by atoms with Crippen molar-refractivity contribution in [3.05, 3.63) is 45.3 Å². The molecule has 1 fully saturated rings. The lowest BCUT2D eigenvalue weighted by Crippen LogP contribution is -2.60. The van der Waals surface area contributed by atoms with Gasteiger partial charge in [-0.25, -0.2) is 4.79 Å². The Bertz CT molecular complexity index is 690. The van der Waals surface area contributed by atoms with Gasteiger partial charge in [-0.05, 0) is 37.1 Å². The maximum absolute atomic E-state index is 12.5. The fraction of sp³-hybridized carbons (Fsp3) is 0.412. The number of nitrogens with one attached hydrogen (secondary N) is 2. The van der Waals surface area contributed by atoms with E-state index in [2.05, 4.69) is 10.6 Å². The molecule has 2 heterocycles. The summed E-state index contributed by atoms with van der Waals surface area (Å²) in [6, 6.07) is 7.55. The topological polar surface area (TPSA) is 67.4 Å². The fourth-order valence-corrected chi connectivity index (χ4v) is 4.54. The van der Waals surface area contributed by atoms with Gasteiger partial charge in [0.15, 0.2) is 0 Å². The quantitative estimate of drug-likeness (QED) is 0.801. The molecule has 3 atom stereocenters. The zero-order chi connectivity index (χ0) is 17.3. The molecule has 0 spiro atoms. The number of hydrogen-bond acceptors (Lipinski definition) is 5. The Morgan fingerprint density at radius 1 is 1.33 bits per heavy atom. The van der Waals surface area contributed by atoms with Crippen molar-refractivity contribution in [2.75, 3.05) is 6.61 Å². The van der Waals surface area contributed by atoms with Crippen LogP contribution < -0.4 is 10.6 Å². The normalized spacial score (nSPS) is 26.1. The molecule has 3 unspecified atom stereocenters. The number of hydrogen-bond donors (Lipinski definition) is 2. The smallest absolute Gasteiger partial charge is 0.344 e. The summed E-state index contributed by atoms with van der Waals surface area (Å²) in [5, 5.41) is 6.95. The van der Waals surface area contributed by atoms with Crippen LogP contribution in [0.2, 0.25) is 5.02 Å². The molecule has 1 amide bonds. The van der Waals surface area contributed by atoms with E-state index in [1.165, 1.54) is 11.8 Å². The molecule has 0 radical (unpaired) electrons. The first-order valence-electron chi connectivity index (χ1n) is 7.85. The van der Waals surface area contributed by atoms with Gasteiger partial charge in [0.2, 0.25) is 5.91 Å². The molecule has 0 bridgehead atoms. The summed E-state index contributed by atoms with van der Waals surface area (Å²) < 4.78 is 5.08. The first kappa shape index (κ1) is 17.3. The molecule has 2 aliphatic heterocycles. The maximum atomic E-state index is 12.5. The van der Waals surface area contributed by atoms with Gasteiger partial charge in [-0.1, -0.05) is 35.5 Å². The monoisotopic (exact) mass is 366 g/mol. The molecular weight excluding hydrogens is 348 g/mol. The highest BCUT2D eigenvalue weighted by molar-refractivity contribution is 8.04. The van der Waals surface area contributed by atoms with Crippen molar-refractivity contribution >= 4 is 35.2 Å². The van der Waals surface area contributed by atoms with Gasteiger partial charge in [-0.2, -0.15) is 0 Å². The summed E-state index contributed by atoms with van der Waals surface area (Å²) in [5.41, 5.74) is 1.85. The van der Waals surface area contributed by atoms with Crippen LogP contribution >= 0.6 is 23.4 Å². The highest BCUT2D eigenvalue weighted by atomic mass is 35.5. The summed E-state index contributed by atoms with van der Waals surface area (Å²) in [4.78, 5) is 25.1. The third-order valence-electron chi connectivity index (χ3n) is 4.15. The van der Waals surface area contributed by atoms with E-state index < -0.39 is 0 Å². The Balaban J connectivity index is 1.70. The molecule has 2 N–H and O–H groups in total. The van der Waals surface area contributed by atoms with E-state index in [4.69, 9.17) is 16.3 Å². The number of ether oxygens (including phenoxy) is 1. The van der Waals surface area contributed by atoms with Crippen LogP contribution in [0.15, 0.2) is 34.7 Å². The van der Waals surface area contributed by atoms with Crippen molar-refractivity contribution in [3.8, 4) is 0 Å². The van der Waals surface area contributed by atoms with Gasteiger partial charge in [-0.3, -0.25) is 10.1 Å². The zero-order valence-electron chi connectivity index (χ0n) is 13.5. The molecule has 0 saturated carbocycles. The highest BCUT2D eigenvalue weighted by Gasteiger charge is 2.45. The second-order valence-corrected chi connectivity index (χ2v) is 7.40. The predicted octanol–water partition coefficient (Wildman–Crippen LogP) is 2.45. The summed E-state index contributed by atoms with van der Waals surface area (Å²) in [6.45, 7) is 3.92. The average molecular weight is 367 g/mol. The molecule has 3 rings (SSSR count). The number of rotatable bonds is 4. The molecule has 2 aliphatic rings. The standard InChI is InChI=1S/C17H19ClN2O3S/c1-3-23-17(22)14-9(2)13-15(21)19-12(20-16(13)24-14)8-10-4-6-11(18)7-5-10/h4-7,12-13,16,20H,3,8H2,1-2H3,(H,19,21). The van der Waals surface area contributed by atoms with Crippen LogP contribution in [0.4, 0.5) is 0 Å². The van der Waals surface area contributed by atoms with E-state index in [-0.39, 0.29) is 29.3 Å². The van der Waals surface area contributed by atoms with Crippen molar-refractivity contribution in [1.82, 2.24) is 10.6 Å². The van der Waals surface area contributed by atoms with E-state index in [1.807, 2.05) is 31.2 Å². The second kappa shape index (κ2) is 7.17. The minimum atomic E-state index is -0.349. The van der Waals surface area contributed by atoms with Crippen molar-refractivity contribution < 1.29 is 14.3 Å². The van der Waals surface area contributed by atoms with Crippen LogP contribution in [0.5, 0.6) is 0 Å². The summed E-state index contributed by atoms with van der Waals surface area (Å²) >= 11 is 7.28. The van der Waals surface area contributed by atoms with Crippen molar-refractivity contribution in [2.24, 2.45) is 5.92 Å². The predicted molar refractivity (Wildman–Crippen MR) is 94.4 cm³/mol. The van der Waals surface area contributed by atoms with Crippen molar-refractivity contribution in [3.63, 3.8) is 0 Å². The van der Waals surface area contributed by atoms with E-state index in [0.29, 0.717) is 23.0 Å². The van der Waals surface area contributed by atoms with Gasteiger partial charge in [0.05, 0.1) is 29.0 Å². The third kappa shape index (κ3) is 3.45. The molecule has 5 nitrogen and oxygen atoms in total. The number of thioether (sulfide) groups is 1. The Morgan fingerprint density at radius 2 is 2.04 bits per heavy atom. The average Bonchev–Trinajstić information content (AvgIpc) is 2.87. The molecular formula is C17H19ClN2O3S. The molecule has 0 aliphatic carbocycles. The van der Waals surface area contributed by atoms with Crippen LogP contribution in [0.25, 0.3) is 0 Å². The SMILES string of the molecule is CCOC(=O)C1=C(C)C2C(=O)NC(Cc3ccc(Cl)cc3)NC2S1. The number of esters is 1. The van der Waals surface area contributed by atoms with Gasteiger partial charge in [0.25, 0.3) is 0 Å². The minimum absolute atomic E-state index is 0.0537. The summed E-state index contributed by atoms with van der Waals surface area (Å²) in [7, 11) is 0. The maximum Gasteiger partial charge on any atom is 0.344 e. The van der Waals surface area contributed by atoms with Gasteiger partial charge in [-0.15, -0.1) is 0 Å². The molecule has 24 heavy (non-hydrogen) atoms. The highest BCUT2D eigenvalue weighted by Crippen LogP contribution is 2.43. The largest absolute Gasteiger partial charge is 0.462 e. The Labute approximate surface area is 150 Å². The second-order valence-electron chi connectivity index (χ2n) is 5.81. The number of carbonyl (C=O) groups is 2. The first-order valence-corrected chi connectivity index (χ1v) is 9.10.